The molecular weight excluding hydrogens is 234 g/mol. The SMILES string of the molecule is CCCOC(C)COC(/C=C(/C#N)C(=O)O)CC. The van der Waals surface area contributed by atoms with Crippen LogP contribution in [0.15, 0.2) is 11.6 Å². The molecule has 0 rings (SSSR count). The average molecular weight is 255 g/mol. The van der Waals surface area contributed by atoms with Crippen molar-refractivity contribution >= 4 is 5.97 Å². The molecule has 0 aromatic rings. The molecule has 0 saturated heterocycles. The zero-order valence-electron chi connectivity index (χ0n) is 11.2. The summed E-state index contributed by atoms with van der Waals surface area (Å²) in [7, 11) is 0. The first-order valence-electron chi connectivity index (χ1n) is 6.13. The van der Waals surface area contributed by atoms with Crippen LogP contribution in [0.5, 0.6) is 0 Å². The summed E-state index contributed by atoms with van der Waals surface area (Å²) in [5.41, 5.74) is -0.288. The number of aliphatic carboxylic acids is 1. The van der Waals surface area contributed by atoms with E-state index in [4.69, 9.17) is 19.8 Å². The van der Waals surface area contributed by atoms with Crippen molar-refractivity contribution in [3.05, 3.63) is 11.6 Å². The first-order valence-corrected chi connectivity index (χ1v) is 6.13. The van der Waals surface area contributed by atoms with Gasteiger partial charge in [0, 0.05) is 6.61 Å². The maximum Gasteiger partial charge on any atom is 0.346 e. The van der Waals surface area contributed by atoms with Gasteiger partial charge in [-0.05, 0) is 25.8 Å². The zero-order chi connectivity index (χ0) is 14.0. The minimum Gasteiger partial charge on any atom is -0.477 e. The Morgan fingerprint density at radius 3 is 2.56 bits per heavy atom. The summed E-state index contributed by atoms with van der Waals surface area (Å²) in [5, 5.41) is 17.4. The van der Waals surface area contributed by atoms with Crippen LogP contribution in [0, 0.1) is 11.3 Å². The van der Waals surface area contributed by atoms with Crippen LogP contribution in [-0.2, 0) is 14.3 Å². The summed E-state index contributed by atoms with van der Waals surface area (Å²) >= 11 is 0. The van der Waals surface area contributed by atoms with Gasteiger partial charge >= 0.3 is 5.97 Å². The Balaban J connectivity index is 4.28. The van der Waals surface area contributed by atoms with Gasteiger partial charge in [-0.25, -0.2) is 4.79 Å². The Kier molecular flexibility index (Phi) is 8.89. The average Bonchev–Trinajstić information content (AvgIpc) is 2.36. The van der Waals surface area contributed by atoms with Crippen LogP contribution >= 0.6 is 0 Å². The molecule has 0 aliphatic carbocycles. The monoisotopic (exact) mass is 255 g/mol. The molecular formula is C13H21NO4. The van der Waals surface area contributed by atoms with Crippen molar-refractivity contribution in [1.29, 1.82) is 5.26 Å². The molecule has 5 heteroatoms. The summed E-state index contributed by atoms with van der Waals surface area (Å²) in [6.07, 6.45) is 2.48. The molecule has 1 N–H and O–H groups in total. The highest BCUT2D eigenvalue weighted by atomic mass is 16.5. The second-order valence-electron chi connectivity index (χ2n) is 3.96. The predicted octanol–water partition coefficient (Wildman–Crippen LogP) is 2.13. The molecule has 0 aromatic heterocycles. The smallest absolute Gasteiger partial charge is 0.346 e. The summed E-state index contributed by atoms with van der Waals surface area (Å²) in [6.45, 7) is 6.85. The molecule has 0 aliphatic heterocycles. The second kappa shape index (κ2) is 9.63. The Morgan fingerprint density at radius 2 is 2.11 bits per heavy atom. The molecule has 0 bridgehead atoms. The minimum atomic E-state index is -1.23. The van der Waals surface area contributed by atoms with E-state index in [1.165, 1.54) is 6.08 Å². The third kappa shape index (κ3) is 7.05. The molecule has 2 unspecified atom stereocenters. The van der Waals surface area contributed by atoms with Gasteiger partial charge in [-0.2, -0.15) is 5.26 Å². The Hall–Kier alpha value is -1.38. The van der Waals surface area contributed by atoms with Gasteiger partial charge in [0.1, 0.15) is 11.6 Å². The Labute approximate surface area is 108 Å². The highest BCUT2D eigenvalue weighted by molar-refractivity contribution is 5.91. The highest BCUT2D eigenvalue weighted by Gasteiger charge is 2.12. The van der Waals surface area contributed by atoms with Crippen molar-refractivity contribution in [2.45, 2.75) is 45.8 Å². The van der Waals surface area contributed by atoms with Gasteiger partial charge in [-0.1, -0.05) is 13.8 Å². The van der Waals surface area contributed by atoms with Crippen molar-refractivity contribution in [1.82, 2.24) is 0 Å². The number of rotatable bonds is 9. The molecule has 0 amide bonds. The van der Waals surface area contributed by atoms with E-state index in [0.29, 0.717) is 19.6 Å². The summed E-state index contributed by atoms with van der Waals surface area (Å²) < 4.78 is 11.0. The number of hydrogen-bond acceptors (Lipinski definition) is 4. The lowest BCUT2D eigenvalue weighted by molar-refractivity contribution is -0.132. The molecule has 18 heavy (non-hydrogen) atoms. The maximum atomic E-state index is 10.7. The highest BCUT2D eigenvalue weighted by Crippen LogP contribution is 2.06. The largest absolute Gasteiger partial charge is 0.477 e. The third-order valence-corrected chi connectivity index (χ3v) is 2.26. The fourth-order valence-electron chi connectivity index (χ4n) is 1.25. The van der Waals surface area contributed by atoms with E-state index in [0.717, 1.165) is 6.42 Å². The number of carbonyl (C=O) groups is 1. The lowest BCUT2D eigenvalue weighted by Gasteiger charge is -2.17. The molecule has 102 valence electrons. The van der Waals surface area contributed by atoms with E-state index < -0.39 is 5.97 Å². The van der Waals surface area contributed by atoms with Gasteiger partial charge < -0.3 is 14.6 Å². The van der Waals surface area contributed by atoms with Gasteiger partial charge in [0.05, 0.1) is 18.8 Å². The summed E-state index contributed by atoms with van der Waals surface area (Å²) in [4.78, 5) is 10.7. The van der Waals surface area contributed by atoms with E-state index >= 15 is 0 Å². The van der Waals surface area contributed by atoms with Crippen LogP contribution in [-0.4, -0.2) is 36.5 Å². The van der Waals surface area contributed by atoms with Crippen molar-refractivity contribution in [2.24, 2.45) is 0 Å². The number of nitrogens with zero attached hydrogens (tertiary/aromatic N) is 1. The van der Waals surface area contributed by atoms with E-state index in [2.05, 4.69) is 0 Å². The first kappa shape index (κ1) is 16.6. The fraction of sp³-hybridized carbons (Fsp3) is 0.692. The molecule has 0 spiro atoms. The fourth-order valence-corrected chi connectivity index (χ4v) is 1.25. The van der Waals surface area contributed by atoms with Gasteiger partial charge in [0.25, 0.3) is 0 Å². The molecule has 5 nitrogen and oxygen atoms in total. The molecule has 0 fully saturated rings. The lowest BCUT2D eigenvalue weighted by Crippen LogP contribution is -2.21. The Bertz CT molecular complexity index is 319. The lowest BCUT2D eigenvalue weighted by atomic mass is 10.2. The Morgan fingerprint density at radius 1 is 1.44 bits per heavy atom. The van der Waals surface area contributed by atoms with Crippen molar-refractivity contribution in [2.75, 3.05) is 13.2 Å². The molecule has 2 atom stereocenters. The molecule has 0 radical (unpaired) electrons. The number of hydrogen-bond donors (Lipinski definition) is 1. The topological polar surface area (TPSA) is 79.5 Å². The van der Waals surface area contributed by atoms with Crippen LogP contribution < -0.4 is 0 Å². The minimum absolute atomic E-state index is 0.0391. The van der Waals surface area contributed by atoms with Crippen molar-refractivity contribution in [3.63, 3.8) is 0 Å². The van der Waals surface area contributed by atoms with Crippen LogP contribution in [0.1, 0.15) is 33.6 Å². The second-order valence-corrected chi connectivity index (χ2v) is 3.96. The number of nitriles is 1. The van der Waals surface area contributed by atoms with Crippen LogP contribution in [0.4, 0.5) is 0 Å². The standard InChI is InChI=1S/C13H21NO4/c1-4-6-17-10(3)9-18-12(5-2)7-11(8-14)13(15)16/h7,10,12H,4-6,9H2,1-3H3,(H,15,16)/b11-7-. The van der Waals surface area contributed by atoms with Crippen LogP contribution in [0.2, 0.25) is 0 Å². The zero-order valence-corrected chi connectivity index (χ0v) is 11.2. The van der Waals surface area contributed by atoms with Gasteiger partial charge in [-0.15, -0.1) is 0 Å². The molecule has 0 saturated carbocycles. The van der Waals surface area contributed by atoms with E-state index in [1.807, 2.05) is 20.8 Å². The first-order chi connectivity index (χ1) is 8.54. The van der Waals surface area contributed by atoms with Crippen molar-refractivity contribution < 1.29 is 19.4 Å². The maximum absolute atomic E-state index is 10.7. The van der Waals surface area contributed by atoms with E-state index in [9.17, 15) is 4.79 Å². The van der Waals surface area contributed by atoms with Gasteiger partial charge in [0.2, 0.25) is 0 Å². The molecule has 0 aromatic carbocycles. The number of carboxylic acid groups (broad SMARTS) is 1. The third-order valence-electron chi connectivity index (χ3n) is 2.26. The van der Waals surface area contributed by atoms with E-state index in [-0.39, 0.29) is 17.8 Å². The predicted molar refractivity (Wildman–Crippen MR) is 67.1 cm³/mol. The molecule has 0 heterocycles. The van der Waals surface area contributed by atoms with Crippen LogP contribution in [0.25, 0.3) is 0 Å². The van der Waals surface area contributed by atoms with E-state index in [1.54, 1.807) is 6.07 Å². The van der Waals surface area contributed by atoms with Crippen molar-refractivity contribution in [3.8, 4) is 6.07 Å². The summed E-state index contributed by atoms with van der Waals surface area (Å²) in [5.74, 6) is -1.23. The normalized spacial score (nSPS) is 14.9. The molecule has 0 aliphatic rings. The number of ether oxygens (including phenoxy) is 2. The van der Waals surface area contributed by atoms with Gasteiger partial charge in [-0.3, -0.25) is 0 Å². The number of carboxylic acids is 1. The van der Waals surface area contributed by atoms with Crippen LogP contribution in [0.3, 0.4) is 0 Å². The summed E-state index contributed by atoms with van der Waals surface area (Å²) in [6, 6.07) is 1.64. The van der Waals surface area contributed by atoms with Gasteiger partial charge in [0.15, 0.2) is 0 Å². The quantitative estimate of drug-likeness (QED) is 0.504.